The molecule has 0 aliphatic heterocycles. The molecule has 0 unspecified atom stereocenters. The molecule has 0 aromatic heterocycles. The average Bonchev–Trinajstić information content (AvgIpc) is 2.43. The van der Waals surface area contributed by atoms with Crippen molar-refractivity contribution in [3.05, 3.63) is 48.0 Å². The van der Waals surface area contributed by atoms with Crippen molar-refractivity contribution in [2.75, 3.05) is 7.11 Å². The van der Waals surface area contributed by atoms with E-state index in [0.29, 0.717) is 5.75 Å². The maximum atomic E-state index is 11.8. The van der Waals surface area contributed by atoms with Crippen LogP contribution in [0.3, 0.4) is 0 Å². The molecule has 0 aliphatic carbocycles. The SMILES string of the molecule is COc1ccc(C(=O)Oc2c(O)cccc2O)cc1. The van der Waals surface area contributed by atoms with Gasteiger partial charge in [0.2, 0.25) is 5.75 Å². The Kier molecular flexibility index (Phi) is 3.56. The predicted molar refractivity (Wildman–Crippen MR) is 67.7 cm³/mol. The predicted octanol–water partition coefficient (Wildman–Crippen LogP) is 2.33. The molecule has 98 valence electrons. The van der Waals surface area contributed by atoms with Crippen molar-refractivity contribution < 1.29 is 24.5 Å². The Morgan fingerprint density at radius 2 is 1.58 bits per heavy atom. The minimum atomic E-state index is -0.681. The molecule has 0 aliphatic rings. The third-order valence-electron chi connectivity index (χ3n) is 2.49. The van der Waals surface area contributed by atoms with Crippen molar-refractivity contribution in [1.29, 1.82) is 0 Å². The number of benzene rings is 2. The second kappa shape index (κ2) is 5.30. The highest BCUT2D eigenvalue weighted by Gasteiger charge is 2.15. The van der Waals surface area contributed by atoms with Crippen LogP contribution in [0, 0.1) is 0 Å². The van der Waals surface area contributed by atoms with E-state index in [-0.39, 0.29) is 22.8 Å². The molecular formula is C14H12O5. The molecule has 2 rings (SSSR count). The Bertz CT molecular complexity index is 569. The first kappa shape index (κ1) is 12.8. The number of carbonyl (C=O) groups excluding carboxylic acids is 1. The Balaban J connectivity index is 2.20. The Hall–Kier alpha value is -2.69. The molecule has 0 atom stereocenters. The molecular weight excluding hydrogens is 248 g/mol. The van der Waals surface area contributed by atoms with Gasteiger partial charge in [0.05, 0.1) is 12.7 Å². The highest BCUT2D eigenvalue weighted by Crippen LogP contribution is 2.35. The highest BCUT2D eigenvalue weighted by atomic mass is 16.5. The molecule has 0 saturated heterocycles. The molecule has 19 heavy (non-hydrogen) atoms. The van der Waals surface area contributed by atoms with Gasteiger partial charge in [0.25, 0.3) is 0 Å². The third-order valence-corrected chi connectivity index (χ3v) is 2.49. The highest BCUT2D eigenvalue weighted by molar-refractivity contribution is 5.91. The van der Waals surface area contributed by atoms with Crippen LogP contribution in [0.25, 0.3) is 0 Å². The summed E-state index contributed by atoms with van der Waals surface area (Å²) in [6.45, 7) is 0. The zero-order valence-electron chi connectivity index (χ0n) is 10.2. The number of hydrogen-bond acceptors (Lipinski definition) is 5. The smallest absolute Gasteiger partial charge is 0.343 e. The topological polar surface area (TPSA) is 76.0 Å². The molecule has 2 aromatic rings. The quantitative estimate of drug-likeness (QED) is 0.654. The summed E-state index contributed by atoms with van der Waals surface area (Å²) in [6.07, 6.45) is 0. The number of rotatable bonds is 3. The number of methoxy groups -OCH3 is 1. The zero-order valence-corrected chi connectivity index (χ0v) is 10.2. The van der Waals surface area contributed by atoms with Crippen LogP contribution in [-0.4, -0.2) is 23.3 Å². The third kappa shape index (κ3) is 2.77. The molecule has 5 nitrogen and oxygen atoms in total. The van der Waals surface area contributed by atoms with Gasteiger partial charge in [-0.1, -0.05) is 6.07 Å². The van der Waals surface area contributed by atoms with Gasteiger partial charge in [-0.15, -0.1) is 0 Å². The molecule has 0 heterocycles. The summed E-state index contributed by atoms with van der Waals surface area (Å²) in [7, 11) is 1.52. The van der Waals surface area contributed by atoms with E-state index < -0.39 is 5.97 Å². The standard InChI is InChI=1S/C14H12O5/c1-18-10-7-5-9(6-8-10)14(17)19-13-11(15)3-2-4-12(13)16/h2-8,15-16H,1H3. The summed E-state index contributed by atoms with van der Waals surface area (Å²) in [5, 5.41) is 19.0. The lowest BCUT2D eigenvalue weighted by Gasteiger charge is -2.08. The van der Waals surface area contributed by atoms with E-state index in [2.05, 4.69) is 0 Å². The first-order chi connectivity index (χ1) is 9.11. The Labute approximate surface area is 109 Å². The van der Waals surface area contributed by atoms with Crippen molar-refractivity contribution in [3.8, 4) is 23.0 Å². The fourth-order valence-corrected chi connectivity index (χ4v) is 1.50. The van der Waals surface area contributed by atoms with E-state index in [0.717, 1.165) is 0 Å². The van der Waals surface area contributed by atoms with Gasteiger partial charge in [-0.2, -0.15) is 0 Å². The van der Waals surface area contributed by atoms with Crippen molar-refractivity contribution in [1.82, 2.24) is 0 Å². The van der Waals surface area contributed by atoms with Crippen LogP contribution in [0.2, 0.25) is 0 Å². The summed E-state index contributed by atoms with van der Waals surface area (Å²) in [5.41, 5.74) is 0.281. The number of aromatic hydroxyl groups is 2. The fourth-order valence-electron chi connectivity index (χ4n) is 1.50. The second-order valence-corrected chi connectivity index (χ2v) is 3.74. The van der Waals surface area contributed by atoms with Gasteiger partial charge in [-0.25, -0.2) is 4.79 Å². The maximum absolute atomic E-state index is 11.8. The monoisotopic (exact) mass is 260 g/mol. The molecule has 0 saturated carbocycles. The number of ether oxygens (including phenoxy) is 2. The van der Waals surface area contributed by atoms with Crippen LogP contribution in [0.15, 0.2) is 42.5 Å². The summed E-state index contributed by atoms with van der Waals surface area (Å²) >= 11 is 0. The van der Waals surface area contributed by atoms with Gasteiger partial charge in [0, 0.05) is 0 Å². The van der Waals surface area contributed by atoms with Crippen LogP contribution in [-0.2, 0) is 0 Å². The normalized spacial score (nSPS) is 9.95. The van der Waals surface area contributed by atoms with E-state index in [1.165, 1.54) is 37.4 Å². The van der Waals surface area contributed by atoms with Gasteiger partial charge in [0.1, 0.15) is 5.75 Å². The maximum Gasteiger partial charge on any atom is 0.343 e. The Morgan fingerprint density at radius 3 is 2.11 bits per heavy atom. The van der Waals surface area contributed by atoms with Crippen LogP contribution in [0.4, 0.5) is 0 Å². The van der Waals surface area contributed by atoms with Gasteiger partial charge in [-0.3, -0.25) is 0 Å². The van der Waals surface area contributed by atoms with E-state index in [4.69, 9.17) is 9.47 Å². The van der Waals surface area contributed by atoms with Crippen molar-refractivity contribution in [3.63, 3.8) is 0 Å². The number of para-hydroxylation sites is 1. The molecule has 0 fully saturated rings. The lowest BCUT2D eigenvalue weighted by molar-refractivity contribution is 0.0724. The van der Waals surface area contributed by atoms with Crippen LogP contribution in [0.5, 0.6) is 23.0 Å². The number of phenols is 2. The van der Waals surface area contributed by atoms with Gasteiger partial charge in [0.15, 0.2) is 11.5 Å². The number of hydrogen-bond donors (Lipinski definition) is 2. The van der Waals surface area contributed by atoms with E-state index in [1.807, 2.05) is 0 Å². The minimum absolute atomic E-state index is 0.261. The van der Waals surface area contributed by atoms with E-state index in [1.54, 1.807) is 12.1 Å². The molecule has 5 heteroatoms. The summed E-state index contributed by atoms with van der Waals surface area (Å²) in [4.78, 5) is 11.8. The van der Waals surface area contributed by atoms with Crippen molar-refractivity contribution in [2.24, 2.45) is 0 Å². The summed E-state index contributed by atoms with van der Waals surface area (Å²) in [5.74, 6) is -0.937. The number of esters is 1. The van der Waals surface area contributed by atoms with E-state index in [9.17, 15) is 15.0 Å². The molecule has 0 amide bonds. The average molecular weight is 260 g/mol. The molecule has 0 spiro atoms. The fraction of sp³-hybridized carbons (Fsp3) is 0.0714. The van der Waals surface area contributed by atoms with E-state index >= 15 is 0 Å². The van der Waals surface area contributed by atoms with Crippen LogP contribution in [0.1, 0.15) is 10.4 Å². The number of phenolic OH excluding ortho intramolecular Hbond substituents is 2. The molecule has 2 aromatic carbocycles. The molecule has 0 radical (unpaired) electrons. The zero-order chi connectivity index (χ0) is 13.8. The largest absolute Gasteiger partial charge is 0.504 e. The van der Waals surface area contributed by atoms with Gasteiger partial charge >= 0.3 is 5.97 Å². The second-order valence-electron chi connectivity index (χ2n) is 3.74. The minimum Gasteiger partial charge on any atom is -0.504 e. The van der Waals surface area contributed by atoms with Crippen LogP contribution < -0.4 is 9.47 Å². The Morgan fingerprint density at radius 1 is 1.00 bits per heavy atom. The summed E-state index contributed by atoms with van der Waals surface area (Å²) in [6, 6.07) is 10.3. The number of carbonyl (C=O) groups is 1. The van der Waals surface area contributed by atoms with Crippen LogP contribution >= 0.6 is 0 Å². The summed E-state index contributed by atoms with van der Waals surface area (Å²) < 4.78 is 9.93. The first-order valence-electron chi connectivity index (χ1n) is 5.49. The van der Waals surface area contributed by atoms with Crippen molar-refractivity contribution >= 4 is 5.97 Å². The molecule has 0 bridgehead atoms. The lowest BCUT2D eigenvalue weighted by atomic mass is 10.2. The first-order valence-corrected chi connectivity index (χ1v) is 5.49. The van der Waals surface area contributed by atoms with Gasteiger partial charge in [-0.05, 0) is 36.4 Å². The molecule has 2 N–H and O–H groups in total. The van der Waals surface area contributed by atoms with Gasteiger partial charge < -0.3 is 19.7 Å². The lowest BCUT2D eigenvalue weighted by Crippen LogP contribution is -2.08. The van der Waals surface area contributed by atoms with Crippen molar-refractivity contribution in [2.45, 2.75) is 0 Å².